The molecule has 0 fully saturated rings. The van der Waals surface area contributed by atoms with Gasteiger partial charge in [-0.1, -0.05) is 30.3 Å². The molecule has 1 aromatic rings. The van der Waals surface area contributed by atoms with E-state index in [4.69, 9.17) is 9.47 Å². The average molecular weight is 277 g/mol. The Morgan fingerprint density at radius 2 is 1.75 bits per heavy atom. The molecule has 0 bridgehead atoms. The molecule has 0 heterocycles. The summed E-state index contributed by atoms with van der Waals surface area (Å²) in [5, 5.41) is 2.90. The summed E-state index contributed by atoms with van der Waals surface area (Å²) >= 11 is 0. The number of esters is 2. The molecule has 0 radical (unpaired) electrons. The predicted octanol–water partition coefficient (Wildman–Crippen LogP) is 1.79. The molecule has 0 aliphatic rings. The Hall–Kier alpha value is -2.30. The molecule has 0 aliphatic heterocycles. The zero-order valence-corrected chi connectivity index (χ0v) is 11.7. The minimum absolute atomic E-state index is 0.0918. The average Bonchev–Trinajstić information content (AvgIpc) is 2.45. The van der Waals surface area contributed by atoms with Crippen molar-refractivity contribution >= 4 is 11.9 Å². The highest BCUT2D eigenvalue weighted by Crippen LogP contribution is 2.02. The number of benzene rings is 1. The van der Waals surface area contributed by atoms with Gasteiger partial charge in [0.25, 0.3) is 0 Å². The molecule has 0 aliphatic carbocycles. The van der Waals surface area contributed by atoms with Gasteiger partial charge in [-0.05, 0) is 19.4 Å². The summed E-state index contributed by atoms with van der Waals surface area (Å²) in [6, 6.07) is 9.54. The standard InChI is InChI=1S/C15H19NO4/c1-3-19-14(17)10-13(15(18)20-4-2)16-11-12-8-6-5-7-9-12/h5-10,16H,3-4,11H2,1-2H3. The lowest BCUT2D eigenvalue weighted by Gasteiger charge is -2.10. The van der Waals surface area contributed by atoms with Gasteiger partial charge in [0.15, 0.2) is 0 Å². The minimum atomic E-state index is -0.573. The highest BCUT2D eigenvalue weighted by Gasteiger charge is 2.13. The Kier molecular flexibility index (Phi) is 6.89. The largest absolute Gasteiger partial charge is 0.463 e. The van der Waals surface area contributed by atoms with E-state index < -0.39 is 11.9 Å². The third kappa shape index (κ3) is 5.56. The van der Waals surface area contributed by atoms with Crippen molar-refractivity contribution in [2.45, 2.75) is 20.4 Å². The molecule has 0 aromatic heterocycles. The zero-order valence-electron chi connectivity index (χ0n) is 11.7. The molecule has 0 saturated heterocycles. The molecule has 108 valence electrons. The second-order valence-corrected chi connectivity index (χ2v) is 3.87. The second kappa shape index (κ2) is 8.74. The first-order valence-electron chi connectivity index (χ1n) is 6.50. The first kappa shape index (κ1) is 15.8. The van der Waals surface area contributed by atoms with Crippen molar-refractivity contribution < 1.29 is 19.1 Å². The lowest BCUT2D eigenvalue weighted by Crippen LogP contribution is -2.23. The third-order valence-corrected chi connectivity index (χ3v) is 2.37. The number of nitrogens with one attached hydrogen (secondary N) is 1. The van der Waals surface area contributed by atoms with Gasteiger partial charge in [0.2, 0.25) is 0 Å². The van der Waals surface area contributed by atoms with Gasteiger partial charge in [-0.15, -0.1) is 0 Å². The molecule has 0 unspecified atom stereocenters. The highest BCUT2D eigenvalue weighted by molar-refractivity contribution is 5.95. The smallest absolute Gasteiger partial charge is 0.354 e. The zero-order chi connectivity index (χ0) is 14.8. The number of ether oxygens (including phenoxy) is 2. The lowest BCUT2D eigenvalue weighted by atomic mass is 10.2. The first-order chi connectivity index (χ1) is 9.67. The number of carbonyl (C=O) groups excluding carboxylic acids is 2. The number of hydrogen-bond donors (Lipinski definition) is 1. The van der Waals surface area contributed by atoms with Gasteiger partial charge < -0.3 is 14.8 Å². The molecule has 5 heteroatoms. The summed E-state index contributed by atoms with van der Waals surface area (Å²) in [6.45, 7) is 4.32. The maximum atomic E-state index is 11.7. The Bertz CT molecular complexity index is 468. The minimum Gasteiger partial charge on any atom is -0.463 e. The van der Waals surface area contributed by atoms with E-state index in [9.17, 15) is 9.59 Å². The molecule has 0 saturated carbocycles. The number of hydrogen-bond acceptors (Lipinski definition) is 5. The van der Waals surface area contributed by atoms with Crippen molar-refractivity contribution in [3.8, 4) is 0 Å². The SMILES string of the molecule is CCOC(=O)C=C(NCc1ccccc1)C(=O)OCC. The van der Waals surface area contributed by atoms with Crippen molar-refractivity contribution in [1.29, 1.82) is 0 Å². The summed E-state index contributed by atoms with van der Waals surface area (Å²) in [7, 11) is 0. The van der Waals surface area contributed by atoms with Gasteiger partial charge in [0, 0.05) is 6.54 Å². The molecule has 1 rings (SSSR count). The van der Waals surface area contributed by atoms with Crippen molar-refractivity contribution in [3.63, 3.8) is 0 Å². The fraction of sp³-hybridized carbons (Fsp3) is 0.333. The number of rotatable bonds is 7. The molecule has 5 nitrogen and oxygen atoms in total. The third-order valence-electron chi connectivity index (χ3n) is 2.37. The van der Waals surface area contributed by atoms with Crippen LogP contribution < -0.4 is 5.32 Å². The normalized spacial score (nSPS) is 10.8. The van der Waals surface area contributed by atoms with Crippen LogP contribution in [0, 0.1) is 0 Å². The van der Waals surface area contributed by atoms with Gasteiger partial charge in [-0.25, -0.2) is 9.59 Å². The van der Waals surface area contributed by atoms with E-state index in [1.807, 2.05) is 30.3 Å². The van der Waals surface area contributed by atoms with Crippen molar-refractivity contribution in [3.05, 3.63) is 47.7 Å². The van der Waals surface area contributed by atoms with Crippen LogP contribution >= 0.6 is 0 Å². The summed E-state index contributed by atoms with van der Waals surface area (Å²) in [5.41, 5.74) is 1.08. The van der Waals surface area contributed by atoms with Gasteiger partial charge in [-0.2, -0.15) is 0 Å². The Morgan fingerprint density at radius 3 is 2.35 bits per heavy atom. The van der Waals surface area contributed by atoms with Crippen LogP contribution in [-0.2, 0) is 25.6 Å². The van der Waals surface area contributed by atoms with E-state index in [1.54, 1.807) is 13.8 Å². The Balaban J connectivity index is 2.72. The molecular weight excluding hydrogens is 258 g/mol. The van der Waals surface area contributed by atoms with E-state index in [-0.39, 0.29) is 18.9 Å². The molecule has 1 aromatic carbocycles. The number of carbonyl (C=O) groups is 2. The Labute approximate surface area is 118 Å². The maximum absolute atomic E-state index is 11.7. The van der Waals surface area contributed by atoms with Crippen molar-refractivity contribution in [2.24, 2.45) is 0 Å². The monoisotopic (exact) mass is 277 g/mol. The molecule has 0 amide bonds. The van der Waals surface area contributed by atoms with Gasteiger partial charge in [0.05, 0.1) is 19.3 Å². The Morgan fingerprint density at radius 1 is 1.10 bits per heavy atom. The van der Waals surface area contributed by atoms with Crippen LogP contribution in [0.4, 0.5) is 0 Å². The molecule has 0 atom stereocenters. The topological polar surface area (TPSA) is 64.6 Å². The van der Waals surface area contributed by atoms with Crippen LogP contribution in [0.15, 0.2) is 42.1 Å². The maximum Gasteiger partial charge on any atom is 0.354 e. The first-order valence-corrected chi connectivity index (χ1v) is 6.50. The molecule has 20 heavy (non-hydrogen) atoms. The van der Waals surface area contributed by atoms with E-state index in [0.29, 0.717) is 6.54 Å². The van der Waals surface area contributed by atoms with Crippen LogP contribution in [0.5, 0.6) is 0 Å². The fourth-order valence-corrected chi connectivity index (χ4v) is 1.49. The molecule has 1 N–H and O–H groups in total. The summed E-state index contributed by atoms with van der Waals surface area (Å²) < 4.78 is 9.68. The quantitative estimate of drug-likeness (QED) is 0.608. The fourth-order valence-electron chi connectivity index (χ4n) is 1.49. The summed E-state index contributed by atoms with van der Waals surface area (Å²) in [6.07, 6.45) is 1.12. The molecular formula is C15H19NO4. The van der Waals surface area contributed by atoms with Gasteiger partial charge in [0.1, 0.15) is 5.70 Å². The van der Waals surface area contributed by atoms with Gasteiger partial charge >= 0.3 is 11.9 Å². The van der Waals surface area contributed by atoms with Gasteiger partial charge in [-0.3, -0.25) is 0 Å². The van der Waals surface area contributed by atoms with E-state index >= 15 is 0 Å². The van der Waals surface area contributed by atoms with Crippen LogP contribution in [0.25, 0.3) is 0 Å². The van der Waals surface area contributed by atoms with Crippen LogP contribution in [-0.4, -0.2) is 25.2 Å². The predicted molar refractivity (Wildman–Crippen MR) is 74.6 cm³/mol. The van der Waals surface area contributed by atoms with E-state index in [0.717, 1.165) is 11.6 Å². The van der Waals surface area contributed by atoms with Crippen molar-refractivity contribution in [1.82, 2.24) is 5.32 Å². The second-order valence-electron chi connectivity index (χ2n) is 3.87. The van der Waals surface area contributed by atoms with E-state index in [1.165, 1.54) is 0 Å². The highest BCUT2D eigenvalue weighted by atomic mass is 16.5. The summed E-state index contributed by atoms with van der Waals surface area (Å²) in [4.78, 5) is 23.2. The van der Waals surface area contributed by atoms with Crippen LogP contribution in [0.1, 0.15) is 19.4 Å². The van der Waals surface area contributed by atoms with Crippen LogP contribution in [0.2, 0.25) is 0 Å². The molecule has 0 spiro atoms. The van der Waals surface area contributed by atoms with Crippen molar-refractivity contribution in [2.75, 3.05) is 13.2 Å². The summed E-state index contributed by atoms with van der Waals surface area (Å²) in [5.74, 6) is -1.15. The van der Waals surface area contributed by atoms with Crippen LogP contribution in [0.3, 0.4) is 0 Å². The lowest BCUT2D eigenvalue weighted by molar-refractivity contribution is -0.141. The van der Waals surface area contributed by atoms with E-state index in [2.05, 4.69) is 5.32 Å².